The molecule has 0 aliphatic carbocycles. The second-order valence-corrected chi connectivity index (χ2v) is 6.16. The van der Waals surface area contributed by atoms with Crippen molar-refractivity contribution in [1.29, 1.82) is 0 Å². The molecular formula is C13H24N2O2. The van der Waals surface area contributed by atoms with Gasteiger partial charge in [0.05, 0.1) is 5.92 Å². The summed E-state index contributed by atoms with van der Waals surface area (Å²) in [6.45, 7) is 10.1. The maximum absolute atomic E-state index is 11.9. The SMILES string of the molecule is CC(C)(C)OC(=O)C1CCN(C2CNC2)CC1. The third-order valence-corrected chi connectivity index (χ3v) is 3.55. The highest BCUT2D eigenvalue weighted by Gasteiger charge is 2.32. The summed E-state index contributed by atoms with van der Waals surface area (Å²) < 4.78 is 5.44. The second kappa shape index (κ2) is 4.94. The van der Waals surface area contributed by atoms with E-state index in [2.05, 4.69) is 10.2 Å². The normalized spacial score (nSPS) is 24.4. The van der Waals surface area contributed by atoms with Crippen molar-refractivity contribution in [2.45, 2.75) is 45.3 Å². The molecule has 0 atom stereocenters. The number of esters is 1. The minimum absolute atomic E-state index is 0.0103. The van der Waals surface area contributed by atoms with E-state index in [0.29, 0.717) is 6.04 Å². The van der Waals surface area contributed by atoms with Gasteiger partial charge in [-0.2, -0.15) is 0 Å². The highest BCUT2D eigenvalue weighted by molar-refractivity contribution is 5.73. The standard InChI is InChI=1S/C13H24N2O2/c1-13(2,3)17-12(16)10-4-6-15(7-5-10)11-8-14-9-11/h10-11,14H,4-9H2,1-3H3. The molecule has 2 fully saturated rings. The Labute approximate surface area is 104 Å². The molecule has 0 aromatic carbocycles. The number of carbonyl (C=O) groups excluding carboxylic acids is 1. The van der Waals surface area contributed by atoms with Crippen LogP contribution in [-0.4, -0.2) is 48.7 Å². The van der Waals surface area contributed by atoms with Gasteiger partial charge in [0.2, 0.25) is 0 Å². The molecule has 17 heavy (non-hydrogen) atoms. The van der Waals surface area contributed by atoms with Crippen LogP contribution >= 0.6 is 0 Å². The van der Waals surface area contributed by atoms with E-state index in [1.165, 1.54) is 0 Å². The van der Waals surface area contributed by atoms with Crippen molar-refractivity contribution in [1.82, 2.24) is 10.2 Å². The van der Waals surface area contributed by atoms with E-state index >= 15 is 0 Å². The van der Waals surface area contributed by atoms with Gasteiger partial charge >= 0.3 is 5.97 Å². The fourth-order valence-electron chi connectivity index (χ4n) is 2.42. The topological polar surface area (TPSA) is 41.6 Å². The monoisotopic (exact) mass is 240 g/mol. The van der Waals surface area contributed by atoms with E-state index in [0.717, 1.165) is 39.0 Å². The van der Waals surface area contributed by atoms with Gasteiger partial charge in [-0.1, -0.05) is 0 Å². The quantitative estimate of drug-likeness (QED) is 0.732. The Morgan fingerprint density at radius 3 is 2.24 bits per heavy atom. The number of hydrogen-bond donors (Lipinski definition) is 1. The maximum Gasteiger partial charge on any atom is 0.309 e. The van der Waals surface area contributed by atoms with Crippen LogP contribution in [0.1, 0.15) is 33.6 Å². The van der Waals surface area contributed by atoms with Crippen molar-refractivity contribution >= 4 is 5.97 Å². The van der Waals surface area contributed by atoms with Gasteiger partial charge in [0, 0.05) is 19.1 Å². The Balaban J connectivity index is 1.76. The van der Waals surface area contributed by atoms with Crippen molar-refractivity contribution in [3.63, 3.8) is 0 Å². The molecule has 4 heteroatoms. The van der Waals surface area contributed by atoms with Crippen LogP contribution < -0.4 is 5.32 Å². The molecule has 4 nitrogen and oxygen atoms in total. The number of piperidine rings is 1. The van der Waals surface area contributed by atoms with Crippen LogP contribution in [0.4, 0.5) is 0 Å². The van der Waals surface area contributed by atoms with E-state index in [9.17, 15) is 4.79 Å². The molecule has 0 radical (unpaired) electrons. The number of ether oxygens (including phenoxy) is 1. The fraction of sp³-hybridized carbons (Fsp3) is 0.923. The first-order chi connectivity index (χ1) is 7.96. The number of nitrogens with zero attached hydrogens (tertiary/aromatic N) is 1. The molecule has 0 aromatic heterocycles. The highest BCUT2D eigenvalue weighted by atomic mass is 16.6. The lowest BCUT2D eigenvalue weighted by Crippen LogP contribution is -2.59. The Morgan fingerprint density at radius 2 is 1.82 bits per heavy atom. The zero-order valence-electron chi connectivity index (χ0n) is 11.2. The van der Waals surface area contributed by atoms with Gasteiger partial charge < -0.3 is 10.1 Å². The van der Waals surface area contributed by atoms with Crippen LogP contribution in [0.2, 0.25) is 0 Å². The van der Waals surface area contributed by atoms with Crippen molar-refractivity contribution in [2.75, 3.05) is 26.2 Å². The molecule has 0 bridgehead atoms. The summed E-state index contributed by atoms with van der Waals surface area (Å²) in [5.41, 5.74) is -0.355. The van der Waals surface area contributed by atoms with Gasteiger partial charge in [0.25, 0.3) is 0 Å². The predicted octanol–water partition coefficient (Wildman–Crippen LogP) is 1.01. The Morgan fingerprint density at radius 1 is 1.24 bits per heavy atom. The first-order valence-electron chi connectivity index (χ1n) is 6.63. The molecule has 2 heterocycles. The molecule has 2 saturated heterocycles. The molecular weight excluding hydrogens is 216 g/mol. The molecule has 2 aliphatic rings. The Hall–Kier alpha value is -0.610. The van der Waals surface area contributed by atoms with Crippen LogP contribution in [0.5, 0.6) is 0 Å². The molecule has 0 saturated carbocycles. The maximum atomic E-state index is 11.9. The first kappa shape index (κ1) is 12.8. The largest absolute Gasteiger partial charge is 0.460 e. The number of rotatable bonds is 2. The van der Waals surface area contributed by atoms with Crippen LogP contribution in [0.15, 0.2) is 0 Å². The number of nitrogens with one attached hydrogen (secondary N) is 1. The Kier molecular flexibility index (Phi) is 3.73. The molecule has 2 rings (SSSR count). The summed E-state index contributed by atoms with van der Waals surface area (Å²) in [5, 5.41) is 3.29. The van der Waals surface area contributed by atoms with Crippen LogP contribution in [0, 0.1) is 5.92 Å². The fourth-order valence-corrected chi connectivity index (χ4v) is 2.42. The van der Waals surface area contributed by atoms with E-state index in [1.54, 1.807) is 0 Å². The summed E-state index contributed by atoms with van der Waals surface area (Å²) in [6, 6.07) is 0.703. The molecule has 0 aromatic rings. The summed E-state index contributed by atoms with van der Waals surface area (Å²) in [7, 11) is 0. The van der Waals surface area contributed by atoms with E-state index < -0.39 is 0 Å². The third kappa shape index (κ3) is 3.42. The van der Waals surface area contributed by atoms with E-state index in [-0.39, 0.29) is 17.5 Å². The number of hydrogen-bond acceptors (Lipinski definition) is 4. The van der Waals surface area contributed by atoms with E-state index in [4.69, 9.17) is 4.74 Å². The average molecular weight is 240 g/mol. The lowest BCUT2D eigenvalue weighted by molar-refractivity contribution is -0.161. The molecule has 0 unspecified atom stereocenters. The second-order valence-electron chi connectivity index (χ2n) is 6.16. The molecule has 0 spiro atoms. The Bertz CT molecular complexity index is 274. The summed E-state index contributed by atoms with van der Waals surface area (Å²) in [4.78, 5) is 14.4. The van der Waals surface area contributed by atoms with Crippen molar-refractivity contribution in [3.05, 3.63) is 0 Å². The smallest absolute Gasteiger partial charge is 0.309 e. The molecule has 0 amide bonds. The highest BCUT2D eigenvalue weighted by Crippen LogP contribution is 2.23. The third-order valence-electron chi connectivity index (χ3n) is 3.55. The number of likely N-dealkylation sites (tertiary alicyclic amines) is 1. The number of carbonyl (C=O) groups is 1. The molecule has 1 N–H and O–H groups in total. The minimum atomic E-state index is -0.355. The zero-order chi connectivity index (χ0) is 12.5. The summed E-state index contributed by atoms with van der Waals surface area (Å²) in [5.74, 6) is 0.0994. The zero-order valence-corrected chi connectivity index (χ0v) is 11.2. The predicted molar refractivity (Wildman–Crippen MR) is 66.8 cm³/mol. The van der Waals surface area contributed by atoms with Crippen LogP contribution in [0.25, 0.3) is 0 Å². The van der Waals surface area contributed by atoms with Gasteiger partial charge in [0.1, 0.15) is 5.60 Å². The van der Waals surface area contributed by atoms with Gasteiger partial charge in [-0.15, -0.1) is 0 Å². The van der Waals surface area contributed by atoms with Gasteiger partial charge in [-0.05, 0) is 46.7 Å². The van der Waals surface area contributed by atoms with Crippen LogP contribution in [0.3, 0.4) is 0 Å². The lowest BCUT2D eigenvalue weighted by Gasteiger charge is -2.42. The van der Waals surface area contributed by atoms with Crippen molar-refractivity contribution < 1.29 is 9.53 Å². The lowest BCUT2D eigenvalue weighted by atomic mass is 9.94. The average Bonchev–Trinajstić information content (AvgIpc) is 2.13. The van der Waals surface area contributed by atoms with Crippen molar-refractivity contribution in [2.24, 2.45) is 5.92 Å². The van der Waals surface area contributed by atoms with Gasteiger partial charge in [0.15, 0.2) is 0 Å². The first-order valence-corrected chi connectivity index (χ1v) is 6.63. The van der Waals surface area contributed by atoms with Crippen molar-refractivity contribution in [3.8, 4) is 0 Å². The van der Waals surface area contributed by atoms with E-state index in [1.807, 2.05) is 20.8 Å². The van der Waals surface area contributed by atoms with Crippen LogP contribution in [-0.2, 0) is 9.53 Å². The molecule has 98 valence electrons. The van der Waals surface area contributed by atoms with Gasteiger partial charge in [-0.25, -0.2) is 0 Å². The summed E-state index contributed by atoms with van der Waals surface area (Å²) >= 11 is 0. The summed E-state index contributed by atoms with van der Waals surface area (Å²) in [6.07, 6.45) is 1.90. The minimum Gasteiger partial charge on any atom is -0.460 e. The molecule has 2 aliphatic heterocycles. The van der Waals surface area contributed by atoms with Gasteiger partial charge in [-0.3, -0.25) is 9.69 Å².